The lowest BCUT2D eigenvalue weighted by molar-refractivity contribution is -0.385. The van der Waals surface area contributed by atoms with Gasteiger partial charge in [-0.15, -0.1) is 0 Å². The van der Waals surface area contributed by atoms with E-state index in [2.05, 4.69) is 15.9 Å². The Morgan fingerprint density at radius 2 is 2.28 bits per heavy atom. The highest BCUT2D eigenvalue weighted by Gasteiger charge is 2.28. The normalized spacial score (nSPS) is 19.0. The number of likely N-dealkylation sites (tertiary alicyclic amines) is 1. The minimum Gasteiger partial charge on any atom is -0.391 e. The Bertz CT molecular complexity index is 506. The fourth-order valence-corrected chi connectivity index (χ4v) is 2.50. The Balaban J connectivity index is 2.31. The molecular weight excluding hydrogens is 304 g/mol. The first kappa shape index (κ1) is 13.0. The first-order chi connectivity index (χ1) is 8.50. The molecule has 0 saturated carbocycles. The SMILES string of the molecule is O=C(c1cccc([N+](=O)[O-])c1Br)N1CC[C@@H](O)C1. The summed E-state index contributed by atoms with van der Waals surface area (Å²) in [5.41, 5.74) is 0.110. The Morgan fingerprint density at radius 3 is 2.83 bits per heavy atom. The van der Waals surface area contributed by atoms with Gasteiger partial charge in [-0.3, -0.25) is 14.9 Å². The maximum absolute atomic E-state index is 12.2. The molecule has 0 aliphatic carbocycles. The van der Waals surface area contributed by atoms with Gasteiger partial charge in [-0.05, 0) is 28.4 Å². The van der Waals surface area contributed by atoms with Crippen LogP contribution in [-0.2, 0) is 0 Å². The Kier molecular flexibility index (Phi) is 3.63. The van der Waals surface area contributed by atoms with Crippen molar-refractivity contribution in [2.24, 2.45) is 0 Å². The van der Waals surface area contributed by atoms with Crippen molar-refractivity contribution in [3.05, 3.63) is 38.3 Å². The molecule has 7 heteroatoms. The van der Waals surface area contributed by atoms with Crippen LogP contribution in [0.25, 0.3) is 0 Å². The Hall–Kier alpha value is -1.47. The molecule has 1 aliphatic heterocycles. The van der Waals surface area contributed by atoms with Crippen LogP contribution in [0.4, 0.5) is 5.69 Å². The summed E-state index contributed by atoms with van der Waals surface area (Å²) in [6.45, 7) is 0.739. The van der Waals surface area contributed by atoms with Gasteiger partial charge >= 0.3 is 0 Å². The quantitative estimate of drug-likeness (QED) is 0.663. The lowest BCUT2D eigenvalue weighted by Crippen LogP contribution is -2.29. The molecule has 1 aliphatic rings. The molecule has 0 unspecified atom stereocenters. The highest BCUT2D eigenvalue weighted by atomic mass is 79.9. The monoisotopic (exact) mass is 314 g/mol. The minimum atomic E-state index is -0.542. The third-order valence-corrected chi connectivity index (χ3v) is 3.69. The van der Waals surface area contributed by atoms with E-state index >= 15 is 0 Å². The summed E-state index contributed by atoms with van der Waals surface area (Å²) in [7, 11) is 0. The number of carbonyl (C=O) groups is 1. The van der Waals surface area contributed by atoms with E-state index in [1.54, 1.807) is 0 Å². The average molecular weight is 315 g/mol. The molecule has 1 saturated heterocycles. The van der Waals surface area contributed by atoms with Crippen LogP contribution in [-0.4, -0.2) is 40.0 Å². The zero-order valence-electron chi connectivity index (χ0n) is 9.38. The number of amides is 1. The zero-order chi connectivity index (χ0) is 13.3. The summed E-state index contributed by atoms with van der Waals surface area (Å²) < 4.78 is 0.182. The number of hydrogen-bond acceptors (Lipinski definition) is 4. The number of benzene rings is 1. The minimum absolute atomic E-state index is 0.138. The average Bonchev–Trinajstić information content (AvgIpc) is 2.75. The molecule has 1 heterocycles. The van der Waals surface area contributed by atoms with Crippen LogP contribution in [0.2, 0.25) is 0 Å². The third kappa shape index (κ3) is 2.37. The molecule has 1 fully saturated rings. The van der Waals surface area contributed by atoms with Gasteiger partial charge < -0.3 is 10.0 Å². The number of β-amino-alcohol motifs (C(OH)–C–C–N with tert-alkyl or cyclic N) is 1. The molecule has 0 bridgehead atoms. The molecule has 0 radical (unpaired) electrons. The summed E-state index contributed by atoms with van der Waals surface area (Å²) in [4.78, 5) is 23.9. The Labute approximate surface area is 111 Å². The first-order valence-electron chi connectivity index (χ1n) is 5.41. The number of aliphatic hydroxyl groups is 1. The van der Waals surface area contributed by atoms with Crippen LogP contribution in [0, 0.1) is 10.1 Å². The molecule has 1 N–H and O–H groups in total. The maximum Gasteiger partial charge on any atom is 0.284 e. The van der Waals surface area contributed by atoms with E-state index in [-0.39, 0.29) is 28.2 Å². The smallest absolute Gasteiger partial charge is 0.284 e. The molecule has 2 rings (SSSR count). The molecule has 0 spiro atoms. The molecule has 0 aromatic heterocycles. The van der Waals surface area contributed by atoms with Crippen molar-refractivity contribution < 1.29 is 14.8 Å². The van der Waals surface area contributed by atoms with E-state index in [1.807, 2.05) is 0 Å². The predicted molar refractivity (Wildman–Crippen MR) is 67.3 cm³/mol. The van der Waals surface area contributed by atoms with Crippen LogP contribution >= 0.6 is 15.9 Å². The van der Waals surface area contributed by atoms with Crippen LogP contribution in [0.3, 0.4) is 0 Å². The van der Waals surface area contributed by atoms with Crippen molar-refractivity contribution in [1.82, 2.24) is 4.90 Å². The number of aliphatic hydroxyl groups excluding tert-OH is 1. The van der Waals surface area contributed by atoms with Gasteiger partial charge in [0.15, 0.2) is 0 Å². The summed E-state index contributed by atoms with van der Waals surface area (Å²) in [5.74, 6) is -0.304. The second-order valence-electron chi connectivity index (χ2n) is 4.09. The van der Waals surface area contributed by atoms with Crippen LogP contribution in [0.1, 0.15) is 16.8 Å². The maximum atomic E-state index is 12.2. The first-order valence-corrected chi connectivity index (χ1v) is 6.20. The number of halogens is 1. The third-order valence-electron chi connectivity index (χ3n) is 2.86. The number of hydrogen-bond donors (Lipinski definition) is 1. The van der Waals surface area contributed by atoms with Crippen molar-refractivity contribution in [3.8, 4) is 0 Å². The van der Waals surface area contributed by atoms with Crippen molar-refractivity contribution in [1.29, 1.82) is 0 Å². The summed E-state index contributed by atoms with van der Waals surface area (Å²) in [6, 6.07) is 4.34. The molecule has 6 nitrogen and oxygen atoms in total. The highest BCUT2D eigenvalue weighted by molar-refractivity contribution is 9.10. The van der Waals surface area contributed by atoms with Gasteiger partial charge in [0.1, 0.15) is 4.47 Å². The molecule has 18 heavy (non-hydrogen) atoms. The van der Waals surface area contributed by atoms with E-state index in [0.29, 0.717) is 13.0 Å². The topological polar surface area (TPSA) is 83.7 Å². The van der Waals surface area contributed by atoms with Gasteiger partial charge in [-0.1, -0.05) is 6.07 Å². The fraction of sp³-hybridized carbons (Fsp3) is 0.364. The number of nitro groups is 1. The van der Waals surface area contributed by atoms with Crippen molar-refractivity contribution in [3.63, 3.8) is 0 Å². The lowest BCUT2D eigenvalue weighted by atomic mass is 10.2. The number of rotatable bonds is 2. The molecule has 96 valence electrons. The van der Waals surface area contributed by atoms with Crippen LogP contribution < -0.4 is 0 Å². The summed E-state index contributed by atoms with van der Waals surface area (Å²) >= 11 is 3.09. The Morgan fingerprint density at radius 1 is 1.56 bits per heavy atom. The van der Waals surface area contributed by atoms with E-state index in [0.717, 1.165) is 0 Å². The van der Waals surface area contributed by atoms with Gasteiger partial charge in [0.25, 0.3) is 11.6 Å². The number of nitro benzene ring substituents is 1. The van der Waals surface area contributed by atoms with Crippen LogP contribution in [0.15, 0.2) is 22.7 Å². The second kappa shape index (κ2) is 5.03. The van der Waals surface area contributed by atoms with Gasteiger partial charge in [-0.25, -0.2) is 0 Å². The van der Waals surface area contributed by atoms with Gasteiger partial charge in [-0.2, -0.15) is 0 Å². The fourth-order valence-electron chi connectivity index (χ4n) is 1.92. The van der Waals surface area contributed by atoms with Crippen LogP contribution in [0.5, 0.6) is 0 Å². The van der Waals surface area contributed by atoms with Crippen molar-refractivity contribution >= 4 is 27.5 Å². The number of nitrogens with zero attached hydrogens (tertiary/aromatic N) is 2. The molecular formula is C11H11BrN2O4. The summed E-state index contributed by atoms with van der Waals surface area (Å²) in [5, 5.41) is 20.2. The van der Waals surface area contributed by atoms with E-state index in [9.17, 15) is 20.0 Å². The predicted octanol–water partition coefficient (Wildman–Crippen LogP) is 1.56. The largest absolute Gasteiger partial charge is 0.391 e. The van der Waals surface area contributed by atoms with Crippen molar-refractivity contribution in [2.45, 2.75) is 12.5 Å². The molecule has 1 aromatic carbocycles. The lowest BCUT2D eigenvalue weighted by Gasteiger charge is -2.16. The van der Waals surface area contributed by atoms with E-state index in [4.69, 9.17) is 0 Å². The molecule has 1 atom stereocenters. The molecule has 1 aromatic rings. The van der Waals surface area contributed by atoms with E-state index < -0.39 is 11.0 Å². The second-order valence-corrected chi connectivity index (χ2v) is 4.88. The standard InChI is InChI=1S/C11H11BrN2O4/c12-10-8(2-1-3-9(10)14(17)18)11(16)13-5-4-7(15)6-13/h1-3,7,15H,4-6H2/t7-/m1/s1. The zero-order valence-corrected chi connectivity index (χ0v) is 11.0. The summed E-state index contributed by atoms with van der Waals surface area (Å²) in [6.07, 6.45) is 0.0320. The highest BCUT2D eigenvalue weighted by Crippen LogP contribution is 2.29. The molecule has 1 amide bonds. The van der Waals surface area contributed by atoms with Gasteiger partial charge in [0.2, 0.25) is 0 Å². The van der Waals surface area contributed by atoms with Gasteiger partial charge in [0.05, 0.1) is 16.6 Å². The van der Waals surface area contributed by atoms with Gasteiger partial charge in [0, 0.05) is 19.2 Å². The van der Waals surface area contributed by atoms with E-state index in [1.165, 1.54) is 23.1 Å². The van der Waals surface area contributed by atoms with Crippen molar-refractivity contribution in [2.75, 3.05) is 13.1 Å². The number of carbonyl (C=O) groups excluding carboxylic acids is 1.